The average Bonchev–Trinajstić information content (AvgIpc) is 3.87. The number of ether oxygens (including phenoxy) is 2. The van der Waals surface area contributed by atoms with E-state index in [4.69, 9.17) is 14.5 Å². The van der Waals surface area contributed by atoms with E-state index >= 15 is 9.59 Å². The van der Waals surface area contributed by atoms with Gasteiger partial charge in [-0.2, -0.15) is 0 Å². The smallest absolute Gasteiger partial charge is 0.342 e. The van der Waals surface area contributed by atoms with Crippen molar-refractivity contribution in [3.05, 3.63) is 33.7 Å². The van der Waals surface area contributed by atoms with Crippen LogP contribution in [0.15, 0.2) is 21.8 Å². The number of carbonyl (C=O) groups is 4. The number of aliphatic hydroxyl groups excluding tert-OH is 2. The van der Waals surface area contributed by atoms with Crippen LogP contribution in [0.1, 0.15) is 231 Å². The van der Waals surface area contributed by atoms with E-state index in [0.717, 1.165) is 25.7 Å². The van der Waals surface area contributed by atoms with Crippen molar-refractivity contribution in [1.29, 1.82) is 0 Å². The molecule has 1 aliphatic heterocycles. The van der Waals surface area contributed by atoms with Gasteiger partial charge in [0, 0.05) is 40.9 Å². The van der Waals surface area contributed by atoms with Crippen molar-refractivity contribution >= 4 is 65.0 Å². The van der Waals surface area contributed by atoms with E-state index in [1.54, 1.807) is 0 Å². The molecule has 2 amide bonds. The second kappa shape index (κ2) is 26.2. The Morgan fingerprint density at radius 3 is 1.34 bits per heavy atom. The Morgan fingerprint density at radius 1 is 0.623 bits per heavy atom. The first-order chi connectivity index (χ1) is 35.5. The number of esters is 2. The molecule has 2 aliphatic carbocycles. The van der Waals surface area contributed by atoms with Crippen LogP contribution in [0.5, 0.6) is 0 Å². The number of aromatic nitrogens is 1. The molecule has 4 atom stereocenters. The topological polar surface area (TPSA) is 179 Å². The lowest BCUT2D eigenvalue weighted by atomic mass is 9.59. The summed E-state index contributed by atoms with van der Waals surface area (Å²) in [6.45, 7) is 47.0. The van der Waals surface area contributed by atoms with E-state index in [9.17, 15) is 19.8 Å². The Labute approximate surface area is 474 Å². The van der Waals surface area contributed by atoms with Crippen LogP contribution >= 0.6 is 23.5 Å². The Balaban J connectivity index is 2.11. The molecule has 4 rings (SSSR count). The summed E-state index contributed by atoms with van der Waals surface area (Å²) in [5.74, 6) is -0.0847. The highest BCUT2D eigenvalue weighted by Gasteiger charge is 2.51. The lowest BCUT2D eigenvalue weighted by Gasteiger charge is -2.50. The number of anilines is 1. The number of nitrogens with zero attached hydrogens (tertiary/aromatic N) is 1. The number of aliphatic imine (C=N–C) groups is 1. The molecule has 14 heteroatoms. The number of amidine groups is 1. The maximum atomic E-state index is 15.6. The zero-order valence-corrected chi connectivity index (χ0v) is 53.6. The number of allylic oxidation sites excluding steroid dienone is 1. The highest BCUT2D eigenvalue weighted by atomic mass is 32.2. The molecular formula is C63H106N4O8S2. The van der Waals surface area contributed by atoms with Gasteiger partial charge in [0.1, 0.15) is 35.0 Å². The number of nitrogens with one attached hydrogen (secondary N) is 3. The van der Waals surface area contributed by atoms with Gasteiger partial charge < -0.3 is 35.3 Å². The van der Waals surface area contributed by atoms with Gasteiger partial charge in [0.05, 0.1) is 28.4 Å². The Hall–Kier alpha value is -3.07. The number of carbonyl (C=O) groups excluding carboxylic acids is 4. The normalized spacial score (nSPS) is 24.6. The maximum Gasteiger partial charge on any atom is 0.342 e. The Kier molecular flexibility index (Phi) is 22.6. The summed E-state index contributed by atoms with van der Waals surface area (Å²) in [6, 6.07) is 0. The number of H-pyrrole nitrogens is 1. The number of hydrogen-bond acceptors (Lipinski definition) is 11. The predicted molar refractivity (Wildman–Crippen MR) is 322 cm³/mol. The minimum Gasteiger partial charge on any atom is -0.458 e. The number of amides is 2. The standard InChI is InChI=1S/C63H106N4O8S2/c1-23-62(24-2,76-29-27-68)56(72)66-52-48(54(70)74-50-40(58(11,12)13)31-38(9)32-41(50)59(14,15)16)46(36(5)6)44(64-52)35-45-47(37(7)8)49(53(65-45)67-57(73)63(25-3,26-4)77-30-28-69)55(71)75-51-42(60(17,18)19)33-39(10)34-43(51)61(20,21)22/h35-43,50-51,64,68-69H,23-34H2,1-22H3,(H,66,72)(H,65,67,73). The van der Waals surface area contributed by atoms with Crippen LogP contribution in [0.2, 0.25) is 0 Å². The second-order valence-corrected chi connectivity index (χ2v) is 31.0. The van der Waals surface area contributed by atoms with Crippen LogP contribution in [-0.2, 0) is 23.9 Å². The van der Waals surface area contributed by atoms with Gasteiger partial charge in [0.2, 0.25) is 11.8 Å². The Bertz CT molecular complexity index is 2260. The van der Waals surface area contributed by atoms with E-state index in [2.05, 4.69) is 113 Å². The first kappa shape index (κ1) is 66.4. The van der Waals surface area contributed by atoms with Gasteiger partial charge in [-0.3, -0.25) is 9.59 Å². The molecule has 0 radical (unpaired) electrons. The fourth-order valence-corrected chi connectivity index (χ4v) is 15.0. The molecule has 0 aromatic carbocycles. The quantitative estimate of drug-likeness (QED) is 0.0789. The molecule has 5 N–H and O–H groups in total. The van der Waals surface area contributed by atoms with Crippen molar-refractivity contribution in [2.75, 3.05) is 30.0 Å². The van der Waals surface area contributed by atoms with Crippen molar-refractivity contribution < 1.29 is 38.9 Å². The van der Waals surface area contributed by atoms with Crippen LogP contribution in [0.3, 0.4) is 0 Å². The molecule has 12 nitrogen and oxygen atoms in total. The highest BCUT2D eigenvalue weighted by molar-refractivity contribution is 8.01. The molecule has 1 aromatic heterocycles. The van der Waals surface area contributed by atoms with Crippen molar-refractivity contribution in [2.24, 2.45) is 68.1 Å². The molecular weight excluding hydrogens is 1000 g/mol. The number of rotatable bonds is 20. The highest BCUT2D eigenvalue weighted by Crippen LogP contribution is 2.52. The zero-order chi connectivity index (χ0) is 58.6. The molecule has 2 saturated carbocycles. The molecule has 1 aromatic rings. The second-order valence-electron chi connectivity index (χ2n) is 28.0. The van der Waals surface area contributed by atoms with Gasteiger partial charge in [-0.05, 0) is 114 Å². The molecule has 4 unspecified atom stereocenters. The van der Waals surface area contributed by atoms with E-state index < -0.39 is 33.6 Å². The summed E-state index contributed by atoms with van der Waals surface area (Å²) in [4.78, 5) is 69.5. The average molecular weight is 1110 g/mol. The van der Waals surface area contributed by atoms with Crippen molar-refractivity contribution in [2.45, 2.75) is 231 Å². The fourth-order valence-electron chi connectivity index (χ4n) is 12.9. The van der Waals surface area contributed by atoms with Crippen LogP contribution in [0, 0.1) is 63.1 Å². The maximum absolute atomic E-state index is 15.6. The van der Waals surface area contributed by atoms with Crippen LogP contribution in [0.25, 0.3) is 6.08 Å². The van der Waals surface area contributed by atoms with E-state index in [0.29, 0.717) is 71.6 Å². The van der Waals surface area contributed by atoms with Gasteiger partial charge >= 0.3 is 11.9 Å². The van der Waals surface area contributed by atoms with Crippen molar-refractivity contribution in [3.8, 4) is 0 Å². The van der Waals surface area contributed by atoms with Gasteiger partial charge in [-0.1, -0.05) is 152 Å². The summed E-state index contributed by atoms with van der Waals surface area (Å²) in [7, 11) is 0. The molecule has 2 fully saturated rings. The van der Waals surface area contributed by atoms with E-state index in [1.807, 2.05) is 61.5 Å². The third kappa shape index (κ3) is 15.3. The zero-order valence-electron chi connectivity index (χ0n) is 51.9. The van der Waals surface area contributed by atoms with Gasteiger partial charge in [0.15, 0.2) is 0 Å². The molecule has 438 valence electrons. The predicted octanol–water partition coefficient (Wildman–Crippen LogP) is 14.4. The molecule has 2 heterocycles. The van der Waals surface area contributed by atoms with Gasteiger partial charge in [-0.25, -0.2) is 14.6 Å². The Morgan fingerprint density at radius 2 is 1.00 bits per heavy atom. The summed E-state index contributed by atoms with van der Waals surface area (Å²) < 4.78 is 12.1. The first-order valence-corrected chi connectivity index (χ1v) is 31.3. The third-order valence-corrected chi connectivity index (χ3v) is 21.0. The molecule has 0 saturated heterocycles. The van der Waals surface area contributed by atoms with Crippen molar-refractivity contribution in [1.82, 2.24) is 10.3 Å². The van der Waals surface area contributed by atoms with Crippen LogP contribution in [-0.4, -0.2) is 91.2 Å². The lowest BCUT2D eigenvalue weighted by Crippen LogP contribution is -2.50. The molecule has 77 heavy (non-hydrogen) atoms. The summed E-state index contributed by atoms with van der Waals surface area (Å²) in [5, 5.41) is 26.2. The lowest BCUT2D eigenvalue weighted by molar-refractivity contribution is -0.164. The largest absolute Gasteiger partial charge is 0.458 e. The van der Waals surface area contributed by atoms with Gasteiger partial charge in [-0.15, -0.1) is 23.5 Å². The van der Waals surface area contributed by atoms with E-state index in [1.165, 1.54) is 23.5 Å². The SMILES string of the molecule is CCC(CC)(SCCO)C(=O)NC1=NC(=Cc2[nH]c(NC(=O)C(CC)(CC)SCCO)c(C(=O)OC3C(C(C)(C)C)CC(C)CC3C(C)(C)C)c2C(C)C)C(C(C)C)=C1C(=O)OC1C(C(C)(C)C)CC(C)CC1C(C)(C)C. The fraction of sp³-hybridized carbons (Fsp3) is 0.794. The van der Waals surface area contributed by atoms with Gasteiger partial charge in [0.25, 0.3) is 0 Å². The van der Waals surface area contributed by atoms with Crippen LogP contribution in [0.4, 0.5) is 5.82 Å². The van der Waals surface area contributed by atoms with Crippen LogP contribution < -0.4 is 10.6 Å². The molecule has 3 aliphatic rings. The molecule has 0 bridgehead atoms. The third-order valence-electron chi connectivity index (χ3n) is 17.6. The minimum absolute atomic E-state index is 0.0616. The monoisotopic (exact) mass is 1110 g/mol. The number of thioether (sulfide) groups is 2. The summed E-state index contributed by atoms with van der Waals surface area (Å²) in [5.41, 5.74) is 1.87. The molecule has 0 spiro atoms. The summed E-state index contributed by atoms with van der Waals surface area (Å²) in [6.07, 6.45) is 6.60. The van der Waals surface area contributed by atoms with Crippen molar-refractivity contribution in [3.63, 3.8) is 0 Å². The number of aliphatic hydroxyl groups is 2. The minimum atomic E-state index is -0.915. The summed E-state index contributed by atoms with van der Waals surface area (Å²) >= 11 is 2.80. The number of hydrogen-bond donors (Lipinski definition) is 5. The number of aromatic amines is 1. The first-order valence-electron chi connectivity index (χ1n) is 29.4. The van der Waals surface area contributed by atoms with E-state index in [-0.39, 0.29) is 105 Å².